The fourth-order valence-electron chi connectivity index (χ4n) is 3.95. The summed E-state index contributed by atoms with van der Waals surface area (Å²) >= 11 is 0. The topological polar surface area (TPSA) is 39.7 Å². The van der Waals surface area contributed by atoms with Gasteiger partial charge in [-0.1, -0.05) is 26.2 Å². The van der Waals surface area contributed by atoms with E-state index < -0.39 is 0 Å². The summed E-state index contributed by atoms with van der Waals surface area (Å²) in [5.74, 6) is 3.60. The van der Waals surface area contributed by atoms with E-state index in [9.17, 15) is 0 Å². The van der Waals surface area contributed by atoms with E-state index >= 15 is 0 Å². The van der Waals surface area contributed by atoms with Crippen molar-refractivity contribution in [2.45, 2.75) is 52.4 Å². The second-order valence-electron chi connectivity index (χ2n) is 7.49. The van der Waals surface area contributed by atoms with Gasteiger partial charge in [0.2, 0.25) is 0 Å². The van der Waals surface area contributed by atoms with Crippen molar-refractivity contribution in [2.24, 2.45) is 22.7 Å². The summed E-state index contributed by atoms with van der Waals surface area (Å²) < 4.78 is 0. The third-order valence-corrected chi connectivity index (χ3v) is 5.23. The van der Waals surface area contributed by atoms with E-state index in [0.29, 0.717) is 0 Å². The van der Waals surface area contributed by atoms with Crippen LogP contribution in [-0.4, -0.2) is 50.6 Å². The maximum absolute atomic E-state index is 4.80. The van der Waals surface area contributed by atoms with Crippen molar-refractivity contribution in [3.05, 3.63) is 0 Å². The molecule has 0 amide bonds. The van der Waals surface area contributed by atoms with Crippen LogP contribution in [0.4, 0.5) is 0 Å². The van der Waals surface area contributed by atoms with Gasteiger partial charge in [0, 0.05) is 26.2 Å². The average molecular weight is 309 g/mol. The summed E-state index contributed by atoms with van der Waals surface area (Å²) in [6.45, 7) is 9.94. The second-order valence-corrected chi connectivity index (χ2v) is 7.49. The number of aliphatic imine (C=N–C) groups is 1. The minimum atomic E-state index is 0.736. The minimum Gasteiger partial charge on any atom is -0.357 e. The first kappa shape index (κ1) is 17.6. The predicted molar refractivity (Wildman–Crippen MR) is 95.3 cm³/mol. The van der Waals surface area contributed by atoms with Crippen LogP contribution in [0.1, 0.15) is 52.4 Å². The van der Waals surface area contributed by atoms with Crippen LogP contribution in [-0.2, 0) is 0 Å². The number of hydrogen-bond donors (Lipinski definition) is 2. The number of likely N-dealkylation sites (tertiary alicyclic amines) is 1. The van der Waals surface area contributed by atoms with Gasteiger partial charge in [-0.3, -0.25) is 4.99 Å². The van der Waals surface area contributed by atoms with Gasteiger partial charge >= 0.3 is 0 Å². The first-order valence-corrected chi connectivity index (χ1v) is 9.38. The Bertz CT molecular complexity index is 342. The van der Waals surface area contributed by atoms with Gasteiger partial charge in [0.25, 0.3) is 0 Å². The second kappa shape index (κ2) is 9.39. The van der Waals surface area contributed by atoms with Gasteiger partial charge in [0.1, 0.15) is 0 Å². The monoisotopic (exact) mass is 308 g/mol. The molecule has 3 unspecified atom stereocenters. The highest BCUT2D eigenvalue weighted by Crippen LogP contribution is 2.30. The molecular formula is C18H36N4. The van der Waals surface area contributed by atoms with Gasteiger partial charge in [-0.05, 0) is 57.5 Å². The van der Waals surface area contributed by atoms with E-state index in [0.717, 1.165) is 43.3 Å². The van der Waals surface area contributed by atoms with Gasteiger partial charge in [-0.25, -0.2) is 0 Å². The molecule has 2 aliphatic rings. The van der Waals surface area contributed by atoms with Crippen LogP contribution >= 0.6 is 0 Å². The van der Waals surface area contributed by atoms with Crippen molar-refractivity contribution in [1.82, 2.24) is 15.5 Å². The fourth-order valence-corrected chi connectivity index (χ4v) is 3.95. The molecule has 0 bridgehead atoms. The fraction of sp³-hybridized carbons (Fsp3) is 0.944. The Morgan fingerprint density at radius 3 is 2.73 bits per heavy atom. The first-order valence-electron chi connectivity index (χ1n) is 9.38. The van der Waals surface area contributed by atoms with E-state index in [4.69, 9.17) is 4.99 Å². The smallest absolute Gasteiger partial charge is 0.191 e. The summed E-state index contributed by atoms with van der Waals surface area (Å²) in [7, 11) is 2.21. The summed E-state index contributed by atoms with van der Waals surface area (Å²) in [6.07, 6.45) is 8.29. The molecule has 22 heavy (non-hydrogen) atoms. The molecule has 3 atom stereocenters. The summed E-state index contributed by atoms with van der Waals surface area (Å²) in [4.78, 5) is 7.20. The van der Waals surface area contributed by atoms with Crippen LogP contribution in [0.15, 0.2) is 4.99 Å². The Hall–Kier alpha value is -0.770. The molecule has 1 saturated heterocycles. The maximum Gasteiger partial charge on any atom is 0.191 e. The normalized spacial score (nSPS) is 30.5. The van der Waals surface area contributed by atoms with Crippen LogP contribution in [0.5, 0.6) is 0 Å². The summed E-state index contributed by atoms with van der Waals surface area (Å²) in [5.41, 5.74) is 0. The number of nitrogens with zero attached hydrogens (tertiary/aromatic N) is 2. The minimum absolute atomic E-state index is 0.736. The molecule has 1 saturated carbocycles. The molecule has 0 aromatic rings. The van der Waals surface area contributed by atoms with Crippen molar-refractivity contribution in [3.63, 3.8) is 0 Å². The Morgan fingerprint density at radius 1 is 1.18 bits per heavy atom. The molecule has 0 aromatic heterocycles. The Kier molecular flexibility index (Phi) is 7.50. The highest BCUT2D eigenvalue weighted by atomic mass is 15.2. The zero-order valence-corrected chi connectivity index (χ0v) is 14.9. The third-order valence-electron chi connectivity index (χ3n) is 5.23. The largest absolute Gasteiger partial charge is 0.357 e. The zero-order valence-electron chi connectivity index (χ0n) is 14.9. The Labute approximate surface area is 137 Å². The van der Waals surface area contributed by atoms with Gasteiger partial charge in [0.05, 0.1) is 0 Å². The SMILES string of the molecule is CCNC(=NCC1CCN(C)C1)NCCC1CCCC(C)C1. The molecule has 4 nitrogen and oxygen atoms in total. The van der Waals surface area contributed by atoms with Crippen LogP contribution in [0, 0.1) is 17.8 Å². The van der Waals surface area contributed by atoms with E-state index in [-0.39, 0.29) is 0 Å². The quantitative estimate of drug-likeness (QED) is 0.585. The molecule has 0 aromatic carbocycles. The Morgan fingerprint density at radius 2 is 2.05 bits per heavy atom. The number of rotatable bonds is 6. The van der Waals surface area contributed by atoms with E-state index in [2.05, 4.69) is 36.4 Å². The van der Waals surface area contributed by atoms with Gasteiger partial charge < -0.3 is 15.5 Å². The van der Waals surface area contributed by atoms with Crippen molar-refractivity contribution >= 4 is 5.96 Å². The zero-order chi connectivity index (χ0) is 15.8. The van der Waals surface area contributed by atoms with Crippen molar-refractivity contribution in [1.29, 1.82) is 0 Å². The summed E-state index contributed by atoms with van der Waals surface area (Å²) in [5, 5.41) is 6.93. The van der Waals surface area contributed by atoms with Gasteiger partial charge in [-0.2, -0.15) is 0 Å². The molecule has 1 aliphatic heterocycles. The highest BCUT2D eigenvalue weighted by molar-refractivity contribution is 5.79. The van der Waals surface area contributed by atoms with E-state index in [1.54, 1.807) is 0 Å². The molecule has 2 N–H and O–H groups in total. The molecule has 128 valence electrons. The summed E-state index contributed by atoms with van der Waals surface area (Å²) in [6, 6.07) is 0. The van der Waals surface area contributed by atoms with Crippen LogP contribution in [0.3, 0.4) is 0 Å². The van der Waals surface area contributed by atoms with E-state index in [1.165, 1.54) is 51.6 Å². The molecular weight excluding hydrogens is 272 g/mol. The third kappa shape index (κ3) is 6.15. The van der Waals surface area contributed by atoms with Crippen molar-refractivity contribution in [2.75, 3.05) is 39.8 Å². The standard InChI is InChI=1S/C18H36N4/c1-4-19-18(21-13-17-9-11-22(3)14-17)20-10-8-16-7-5-6-15(2)12-16/h15-17H,4-14H2,1-3H3,(H2,19,20,21). The molecule has 2 fully saturated rings. The van der Waals surface area contributed by atoms with Crippen LogP contribution in [0.25, 0.3) is 0 Å². The molecule has 0 radical (unpaired) electrons. The number of hydrogen-bond acceptors (Lipinski definition) is 2. The predicted octanol–water partition coefficient (Wildman–Crippen LogP) is 2.71. The van der Waals surface area contributed by atoms with E-state index in [1.807, 2.05) is 0 Å². The van der Waals surface area contributed by atoms with Crippen LogP contribution < -0.4 is 10.6 Å². The van der Waals surface area contributed by atoms with Crippen LogP contribution in [0.2, 0.25) is 0 Å². The average Bonchev–Trinajstić information content (AvgIpc) is 2.90. The van der Waals surface area contributed by atoms with Gasteiger partial charge in [0.15, 0.2) is 5.96 Å². The number of guanidine groups is 1. The maximum atomic E-state index is 4.80. The highest BCUT2D eigenvalue weighted by Gasteiger charge is 2.20. The lowest BCUT2D eigenvalue weighted by atomic mass is 9.81. The molecule has 1 heterocycles. The van der Waals surface area contributed by atoms with Crippen molar-refractivity contribution < 1.29 is 0 Å². The molecule has 4 heteroatoms. The van der Waals surface area contributed by atoms with Gasteiger partial charge in [-0.15, -0.1) is 0 Å². The number of nitrogens with one attached hydrogen (secondary N) is 2. The molecule has 1 aliphatic carbocycles. The lowest BCUT2D eigenvalue weighted by molar-refractivity contribution is 0.270. The first-order chi connectivity index (χ1) is 10.7. The lowest BCUT2D eigenvalue weighted by Gasteiger charge is -2.26. The lowest BCUT2D eigenvalue weighted by Crippen LogP contribution is -2.39. The molecule has 2 rings (SSSR count). The Balaban J connectivity index is 1.68. The molecule has 0 spiro atoms. The van der Waals surface area contributed by atoms with Crippen molar-refractivity contribution in [3.8, 4) is 0 Å².